The molecule has 22 heavy (non-hydrogen) atoms. The molecule has 2 aliphatic rings. The van der Waals surface area contributed by atoms with Gasteiger partial charge in [-0.2, -0.15) is 0 Å². The van der Waals surface area contributed by atoms with Gasteiger partial charge in [-0.25, -0.2) is 4.98 Å². The quantitative estimate of drug-likeness (QED) is 0.854. The van der Waals surface area contributed by atoms with Crippen LogP contribution in [0.5, 0.6) is 0 Å². The highest BCUT2D eigenvalue weighted by molar-refractivity contribution is 5.80. The molecular weight excluding hydrogens is 274 g/mol. The van der Waals surface area contributed by atoms with E-state index in [1.165, 1.54) is 11.9 Å². The van der Waals surface area contributed by atoms with Crippen LogP contribution in [0.15, 0.2) is 24.3 Å². The van der Waals surface area contributed by atoms with Crippen LogP contribution in [-0.4, -0.2) is 33.4 Å². The highest BCUT2D eigenvalue weighted by Gasteiger charge is 2.33. The van der Waals surface area contributed by atoms with Gasteiger partial charge in [0, 0.05) is 32.0 Å². The number of imidazole rings is 1. The van der Waals surface area contributed by atoms with Crippen molar-refractivity contribution >= 4 is 16.9 Å². The first-order chi connectivity index (χ1) is 10.7. The highest BCUT2D eigenvalue weighted by Crippen LogP contribution is 2.33. The minimum atomic E-state index is 0.305. The summed E-state index contributed by atoms with van der Waals surface area (Å²) in [5.74, 6) is 2.19. The maximum Gasteiger partial charge on any atom is 0.225 e. The van der Waals surface area contributed by atoms with Gasteiger partial charge in [0.25, 0.3) is 0 Å². The predicted molar refractivity (Wildman–Crippen MR) is 86.6 cm³/mol. The van der Waals surface area contributed by atoms with E-state index in [2.05, 4.69) is 34.7 Å². The van der Waals surface area contributed by atoms with E-state index >= 15 is 0 Å². The van der Waals surface area contributed by atoms with Gasteiger partial charge in [0.05, 0.1) is 11.0 Å². The largest absolute Gasteiger partial charge is 0.342 e. The van der Waals surface area contributed by atoms with Crippen LogP contribution in [0.2, 0.25) is 0 Å². The van der Waals surface area contributed by atoms with Gasteiger partial charge in [0.1, 0.15) is 5.82 Å². The lowest BCUT2D eigenvalue weighted by Gasteiger charge is -2.37. The van der Waals surface area contributed by atoms with E-state index in [1.807, 2.05) is 6.07 Å². The van der Waals surface area contributed by atoms with Crippen molar-refractivity contribution in [3.63, 3.8) is 0 Å². The summed E-state index contributed by atoms with van der Waals surface area (Å²) in [5.41, 5.74) is 2.24. The number of rotatable bonds is 2. The molecule has 4 heteroatoms. The van der Waals surface area contributed by atoms with E-state index in [0.717, 1.165) is 50.1 Å². The molecule has 2 aromatic rings. The molecule has 1 unspecified atom stereocenters. The van der Waals surface area contributed by atoms with Gasteiger partial charge >= 0.3 is 0 Å². The second-order valence-corrected chi connectivity index (χ2v) is 6.77. The van der Waals surface area contributed by atoms with Gasteiger partial charge in [-0.1, -0.05) is 18.6 Å². The zero-order valence-electron chi connectivity index (χ0n) is 13.2. The van der Waals surface area contributed by atoms with Crippen LogP contribution in [0.3, 0.4) is 0 Å². The van der Waals surface area contributed by atoms with Crippen LogP contribution in [0, 0.1) is 5.92 Å². The summed E-state index contributed by atoms with van der Waals surface area (Å²) in [4.78, 5) is 19.4. The number of carbonyl (C=O) groups excluding carboxylic acids is 1. The van der Waals surface area contributed by atoms with Crippen LogP contribution < -0.4 is 0 Å². The molecular formula is C18H23N3O. The summed E-state index contributed by atoms with van der Waals surface area (Å²) in [6, 6.07) is 8.28. The molecule has 1 saturated heterocycles. The summed E-state index contributed by atoms with van der Waals surface area (Å²) < 4.78 is 2.21. The zero-order chi connectivity index (χ0) is 15.1. The first kappa shape index (κ1) is 13.8. The average Bonchev–Trinajstić information content (AvgIpc) is 2.83. The smallest absolute Gasteiger partial charge is 0.225 e. The number of piperidine rings is 1. The third-order valence-corrected chi connectivity index (χ3v) is 5.37. The Labute approximate surface area is 131 Å². The highest BCUT2D eigenvalue weighted by atomic mass is 16.2. The second kappa shape index (κ2) is 5.41. The fraction of sp³-hybridized carbons (Fsp3) is 0.556. The molecule has 1 aliphatic carbocycles. The molecule has 4 rings (SSSR count). The SMILES string of the molecule is Cn1c(C2CCCN(C(=O)C3CCC3)C2)nc2ccccc21. The van der Waals surface area contributed by atoms with Crippen molar-refractivity contribution in [1.82, 2.24) is 14.5 Å². The van der Waals surface area contributed by atoms with E-state index in [0.29, 0.717) is 17.7 Å². The molecule has 2 fully saturated rings. The summed E-state index contributed by atoms with van der Waals surface area (Å²) in [7, 11) is 2.09. The molecule has 0 bridgehead atoms. The molecule has 2 heterocycles. The molecule has 1 aliphatic heterocycles. The number of para-hydroxylation sites is 2. The lowest BCUT2D eigenvalue weighted by Crippen LogP contribution is -2.44. The number of hydrogen-bond acceptors (Lipinski definition) is 2. The molecule has 0 spiro atoms. The molecule has 1 aromatic heterocycles. The number of carbonyl (C=O) groups is 1. The van der Waals surface area contributed by atoms with Gasteiger partial charge in [-0.05, 0) is 37.8 Å². The fourth-order valence-electron chi connectivity index (χ4n) is 3.83. The monoisotopic (exact) mass is 297 g/mol. The van der Waals surface area contributed by atoms with E-state index in [9.17, 15) is 4.79 Å². The lowest BCUT2D eigenvalue weighted by atomic mass is 9.83. The molecule has 1 amide bonds. The Kier molecular flexibility index (Phi) is 3.40. The normalized spacial score (nSPS) is 22.8. The lowest BCUT2D eigenvalue weighted by molar-refractivity contribution is -0.139. The van der Waals surface area contributed by atoms with Crippen LogP contribution in [0.1, 0.15) is 43.8 Å². The van der Waals surface area contributed by atoms with Crippen LogP contribution in [0.4, 0.5) is 0 Å². The third-order valence-electron chi connectivity index (χ3n) is 5.37. The average molecular weight is 297 g/mol. The van der Waals surface area contributed by atoms with E-state index in [1.54, 1.807) is 0 Å². The van der Waals surface area contributed by atoms with Crippen molar-refractivity contribution in [2.24, 2.45) is 13.0 Å². The van der Waals surface area contributed by atoms with Crippen molar-refractivity contribution < 1.29 is 4.79 Å². The standard InChI is InChI=1S/C18H23N3O/c1-20-16-10-3-2-9-15(16)19-17(20)14-8-5-11-21(12-14)18(22)13-6-4-7-13/h2-3,9-10,13-14H,4-8,11-12H2,1H3. The molecule has 4 nitrogen and oxygen atoms in total. The van der Waals surface area contributed by atoms with Gasteiger partial charge in [-0.3, -0.25) is 4.79 Å². The van der Waals surface area contributed by atoms with E-state index < -0.39 is 0 Å². The van der Waals surface area contributed by atoms with Crippen molar-refractivity contribution in [3.05, 3.63) is 30.1 Å². The summed E-state index contributed by atoms with van der Waals surface area (Å²) in [6.07, 6.45) is 5.62. The maximum atomic E-state index is 12.5. The molecule has 0 radical (unpaired) electrons. The minimum Gasteiger partial charge on any atom is -0.342 e. The molecule has 116 valence electrons. The first-order valence-electron chi connectivity index (χ1n) is 8.44. The van der Waals surface area contributed by atoms with Crippen LogP contribution >= 0.6 is 0 Å². The van der Waals surface area contributed by atoms with E-state index in [4.69, 9.17) is 4.98 Å². The number of aryl methyl sites for hydroxylation is 1. The molecule has 1 aromatic carbocycles. The Bertz CT molecular complexity index is 701. The number of aromatic nitrogens is 2. The zero-order valence-corrected chi connectivity index (χ0v) is 13.2. The second-order valence-electron chi connectivity index (χ2n) is 6.77. The molecule has 1 saturated carbocycles. The summed E-state index contributed by atoms with van der Waals surface area (Å²) in [5, 5.41) is 0. The van der Waals surface area contributed by atoms with E-state index in [-0.39, 0.29) is 0 Å². The van der Waals surface area contributed by atoms with Crippen molar-refractivity contribution in [3.8, 4) is 0 Å². The van der Waals surface area contributed by atoms with Crippen LogP contribution in [-0.2, 0) is 11.8 Å². The Hall–Kier alpha value is -1.84. The molecule has 0 N–H and O–H groups in total. The number of amides is 1. The number of likely N-dealkylation sites (tertiary alicyclic amines) is 1. The maximum absolute atomic E-state index is 12.5. The van der Waals surface area contributed by atoms with Crippen molar-refractivity contribution in [2.75, 3.05) is 13.1 Å². The summed E-state index contributed by atoms with van der Waals surface area (Å²) >= 11 is 0. The Balaban J connectivity index is 1.58. The number of benzene rings is 1. The summed E-state index contributed by atoms with van der Waals surface area (Å²) in [6.45, 7) is 1.77. The number of hydrogen-bond donors (Lipinski definition) is 0. The van der Waals surface area contributed by atoms with Crippen molar-refractivity contribution in [2.45, 2.75) is 38.0 Å². The fourth-order valence-corrected chi connectivity index (χ4v) is 3.83. The Morgan fingerprint density at radius 1 is 1.18 bits per heavy atom. The van der Waals surface area contributed by atoms with Gasteiger partial charge < -0.3 is 9.47 Å². The Morgan fingerprint density at radius 3 is 2.73 bits per heavy atom. The van der Waals surface area contributed by atoms with Crippen LogP contribution in [0.25, 0.3) is 11.0 Å². The number of fused-ring (bicyclic) bond motifs is 1. The van der Waals surface area contributed by atoms with Gasteiger partial charge in [0.15, 0.2) is 0 Å². The predicted octanol–water partition coefficient (Wildman–Crippen LogP) is 3.08. The van der Waals surface area contributed by atoms with Crippen molar-refractivity contribution in [1.29, 1.82) is 0 Å². The first-order valence-corrected chi connectivity index (χ1v) is 8.44. The molecule has 1 atom stereocenters. The topological polar surface area (TPSA) is 38.1 Å². The third kappa shape index (κ3) is 2.21. The Morgan fingerprint density at radius 2 is 2.00 bits per heavy atom. The number of nitrogens with zero attached hydrogens (tertiary/aromatic N) is 3. The van der Waals surface area contributed by atoms with Gasteiger partial charge in [-0.15, -0.1) is 0 Å². The van der Waals surface area contributed by atoms with Gasteiger partial charge in [0.2, 0.25) is 5.91 Å². The minimum absolute atomic E-state index is 0.305.